The van der Waals surface area contributed by atoms with Crippen molar-refractivity contribution in [1.29, 1.82) is 0 Å². The first-order valence-electron chi connectivity index (χ1n) is 10.4. The molecular weight excluding hydrogens is 348 g/mol. The third-order valence-corrected chi connectivity index (χ3v) is 6.64. The molecule has 2 fully saturated rings. The molecule has 0 aliphatic carbocycles. The molecule has 1 amide bonds. The van der Waals surface area contributed by atoms with E-state index >= 15 is 0 Å². The molecule has 0 radical (unpaired) electrons. The summed E-state index contributed by atoms with van der Waals surface area (Å²) in [6, 6.07) is 18.0. The molecule has 2 heterocycles. The second-order valence-corrected chi connectivity index (χ2v) is 8.25. The topological polar surface area (TPSA) is 32.8 Å². The summed E-state index contributed by atoms with van der Waals surface area (Å²) in [7, 11) is 1.74. The maximum Gasteiger partial charge on any atom is 0.253 e. The number of benzene rings is 2. The van der Waals surface area contributed by atoms with Crippen LogP contribution in [-0.2, 0) is 6.54 Å². The Morgan fingerprint density at radius 3 is 2.18 bits per heavy atom. The standard InChI is InChI=1S/C24H30N2O2/c1-28-22-10-6-5-9-21(22)19-25-15-11-24(12-16-25)13-17-26(18-14-24)23(27)20-7-3-2-4-8-20/h2-10H,11-19H2,1H3. The molecule has 148 valence electrons. The molecule has 0 bridgehead atoms. The zero-order chi connectivity index (χ0) is 19.4. The molecule has 4 heteroatoms. The minimum absolute atomic E-state index is 0.184. The van der Waals surface area contributed by atoms with Gasteiger partial charge in [0, 0.05) is 30.8 Å². The Morgan fingerprint density at radius 1 is 0.893 bits per heavy atom. The number of amides is 1. The number of carbonyl (C=O) groups excluding carboxylic acids is 1. The van der Waals surface area contributed by atoms with Crippen molar-refractivity contribution in [2.75, 3.05) is 33.3 Å². The highest BCUT2D eigenvalue weighted by Gasteiger charge is 2.38. The minimum atomic E-state index is 0.184. The van der Waals surface area contributed by atoms with Gasteiger partial charge in [0.1, 0.15) is 5.75 Å². The largest absolute Gasteiger partial charge is 0.496 e. The van der Waals surface area contributed by atoms with Crippen LogP contribution in [0.3, 0.4) is 0 Å². The van der Waals surface area contributed by atoms with Gasteiger partial charge in [0.05, 0.1) is 7.11 Å². The summed E-state index contributed by atoms with van der Waals surface area (Å²) >= 11 is 0. The molecule has 4 nitrogen and oxygen atoms in total. The lowest BCUT2D eigenvalue weighted by Crippen LogP contribution is -2.48. The normalized spacial score (nSPS) is 19.5. The quantitative estimate of drug-likeness (QED) is 0.799. The maximum atomic E-state index is 12.7. The number of carbonyl (C=O) groups is 1. The van der Waals surface area contributed by atoms with Crippen LogP contribution in [0.15, 0.2) is 54.6 Å². The number of nitrogens with zero attached hydrogens (tertiary/aromatic N) is 2. The van der Waals surface area contributed by atoms with Crippen molar-refractivity contribution < 1.29 is 9.53 Å². The fourth-order valence-corrected chi connectivity index (χ4v) is 4.71. The van der Waals surface area contributed by atoms with Gasteiger partial charge in [-0.2, -0.15) is 0 Å². The van der Waals surface area contributed by atoms with Crippen molar-refractivity contribution in [3.63, 3.8) is 0 Å². The number of methoxy groups -OCH3 is 1. The van der Waals surface area contributed by atoms with Crippen molar-refractivity contribution in [3.05, 3.63) is 65.7 Å². The van der Waals surface area contributed by atoms with Crippen molar-refractivity contribution >= 4 is 5.91 Å². The number of rotatable bonds is 4. The van der Waals surface area contributed by atoms with Gasteiger partial charge in [-0.3, -0.25) is 9.69 Å². The molecule has 0 saturated carbocycles. The van der Waals surface area contributed by atoms with Crippen LogP contribution in [0.25, 0.3) is 0 Å². The first kappa shape index (κ1) is 19.0. The third-order valence-electron chi connectivity index (χ3n) is 6.64. The Hall–Kier alpha value is -2.33. The number of likely N-dealkylation sites (tertiary alicyclic amines) is 2. The average molecular weight is 379 g/mol. The number of para-hydroxylation sites is 1. The van der Waals surface area contributed by atoms with Gasteiger partial charge in [-0.15, -0.1) is 0 Å². The highest BCUT2D eigenvalue weighted by Crippen LogP contribution is 2.42. The molecule has 0 unspecified atom stereocenters. The van der Waals surface area contributed by atoms with Crippen LogP contribution in [0.5, 0.6) is 5.75 Å². The maximum absolute atomic E-state index is 12.7. The Morgan fingerprint density at radius 2 is 1.50 bits per heavy atom. The molecule has 2 aliphatic heterocycles. The van der Waals surface area contributed by atoms with E-state index in [9.17, 15) is 4.79 Å². The fourth-order valence-electron chi connectivity index (χ4n) is 4.71. The van der Waals surface area contributed by atoms with E-state index < -0.39 is 0 Å². The highest BCUT2D eigenvalue weighted by atomic mass is 16.5. The summed E-state index contributed by atoms with van der Waals surface area (Å²) in [4.78, 5) is 17.3. The Bertz CT molecular complexity index is 787. The zero-order valence-electron chi connectivity index (χ0n) is 16.8. The van der Waals surface area contributed by atoms with Gasteiger partial charge >= 0.3 is 0 Å². The van der Waals surface area contributed by atoms with E-state index in [0.717, 1.165) is 56.9 Å². The predicted molar refractivity (Wildman–Crippen MR) is 112 cm³/mol. The smallest absolute Gasteiger partial charge is 0.253 e. The van der Waals surface area contributed by atoms with Gasteiger partial charge in [-0.1, -0.05) is 36.4 Å². The average Bonchev–Trinajstić information content (AvgIpc) is 2.76. The summed E-state index contributed by atoms with van der Waals surface area (Å²) in [6.45, 7) is 4.99. The van der Waals surface area contributed by atoms with Crippen LogP contribution in [0.4, 0.5) is 0 Å². The van der Waals surface area contributed by atoms with Crippen LogP contribution in [0, 0.1) is 5.41 Å². The molecule has 2 saturated heterocycles. The lowest BCUT2D eigenvalue weighted by Gasteiger charge is -2.47. The summed E-state index contributed by atoms with van der Waals surface area (Å²) in [5, 5.41) is 0. The Kier molecular flexibility index (Phi) is 5.67. The van der Waals surface area contributed by atoms with Crippen molar-refractivity contribution in [1.82, 2.24) is 9.80 Å². The van der Waals surface area contributed by atoms with Gasteiger partial charge in [-0.05, 0) is 62.4 Å². The van der Waals surface area contributed by atoms with Gasteiger partial charge in [0.25, 0.3) is 5.91 Å². The van der Waals surface area contributed by atoms with E-state index in [1.165, 1.54) is 18.4 Å². The molecule has 2 aliphatic rings. The molecular formula is C24H30N2O2. The van der Waals surface area contributed by atoms with Gasteiger partial charge in [0.15, 0.2) is 0 Å². The Balaban J connectivity index is 1.30. The number of ether oxygens (including phenoxy) is 1. The lowest BCUT2D eigenvalue weighted by molar-refractivity contribution is 0.0284. The predicted octanol–water partition coefficient (Wildman–Crippen LogP) is 4.21. The van der Waals surface area contributed by atoms with Gasteiger partial charge in [0.2, 0.25) is 0 Å². The highest BCUT2D eigenvalue weighted by molar-refractivity contribution is 5.94. The molecule has 0 aromatic heterocycles. The first-order chi connectivity index (χ1) is 13.7. The number of hydrogen-bond acceptors (Lipinski definition) is 3. The molecule has 0 atom stereocenters. The van der Waals surface area contributed by atoms with E-state index in [-0.39, 0.29) is 5.91 Å². The number of piperidine rings is 2. The van der Waals surface area contributed by atoms with E-state index in [1.54, 1.807) is 7.11 Å². The molecule has 1 spiro atoms. The lowest BCUT2D eigenvalue weighted by atomic mass is 9.71. The van der Waals surface area contributed by atoms with Crippen LogP contribution in [-0.4, -0.2) is 49.0 Å². The monoisotopic (exact) mass is 378 g/mol. The van der Waals surface area contributed by atoms with Crippen molar-refractivity contribution in [2.24, 2.45) is 5.41 Å². The summed E-state index contributed by atoms with van der Waals surface area (Å²) < 4.78 is 5.50. The van der Waals surface area contributed by atoms with Crippen molar-refractivity contribution in [2.45, 2.75) is 32.2 Å². The van der Waals surface area contributed by atoms with Crippen LogP contribution in [0.1, 0.15) is 41.6 Å². The molecule has 2 aromatic rings. The van der Waals surface area contributed by atoms with Gasteiger partial charge < -0.3 is 9.64 Å². The van der Waals surface area contributed by atoms with Gasteiger partial charge in [-0.25, -0.2) is 0 Å². The second kappa shape index (κ2) is 8.36. The summed E-state index contributed by atoms with van der Waals surface area (Å²) in [6.07, 6.45) is 4.73. The summed E-state index contributed by atoms with van der Waals surface area (Å²) in [5.41, 5.74) is 2.50. The van der Waals surface area contributed by atoms with E-state index in [4.69, 9.17) is 4.74 Å². The molecule has 28 heavy (non-hydrogen) atoms. The van der Waals surface area contributed by atoms with Crippen LogP contribution in [0.2, 0.25) is 0 Å². The third kappa shape index (κ3) is 4.07. The first-order valence-corrected chi connectivity index (χ1v) is 10.4. The minimum Gasteiger partial charge on any atom is -0.496 e. The van der Waals surface area contributed by atoms with Crippen LogP contribution < -0.4 is 4.74 Å². The molecule has 0 N–H and O–H groups in total. The molecule has 4 rings (SSSR count). The van der Waals surface area contributed by atoms with E-state index in [2.05, 4.69) is 17.0 Å². The SMILES string of the molecule is COc1ccccc1CN1CCC2(CC1)CCN(C(=O)c1ccccc1)CC2. The fraction of sp³-hybridized carbons (Fsp3) is 0.458. The zero-order valence-corrected chi connectivity index (χ0v) is 16.8. The molecule has 2 aromatic carbocycles. The summed E-state index contributed by atoms with van der Waals surface area (Å²) in [5.74, 6) is 1.17. The Labute approximate surface area is 168 Å². The van der Waals surface area contributed by atoms with E-state index in [1.807, 2.05) is 47.4 Å². The number of hydrogen-bond donors (Lipinski definition) is 0. The van der Waals surface area contributed by atoms with Crippen LogP contribution >= 0.6 is 0 Å². The van der Waals surface area contributed by atoms with Crippen molar-refractivity contribution in [3.8, 4) is 5.75 Å². The second-order valence-electron chi connectivity index (χ2n) is 8.25. The van der Waals surface area contributed by atoms with E-state index in [0.29, 0.717) is 5.41 Å².